The SMILES string of the molecule is COC(=O)[C@@](OC(C)C)(c1ccccc1)[C@]1(O)C(=O)N(C)c2ccccc21. The van der Waals surface area contributed by atoms with Gasteiger partial charge in [0.15, 0.2) is 0 Å². The maximum atomic E-state index is 13.3. The van der Waals surface area contributed by atoms with Gasteiger partial charge in [0.2, 0.25) is 11.2 Å². The van der Waals surface area contributed by atoms with Gasteiger partial charge < -0.3 is 19.5 Å². The van der Waals surface area contributed by atoms with Crippen LogP contribution < -0.4 is 4.90 Å². The molecule has 6 nitrogen and oxygen atoms in total. The summed E-state index contributed by atoms with van der Waals surface area (Å²) in [5.41, 5.74) is -3.19. The first kappa shape index (κ1) is 19.1. The van der Waals surface area contributed by atoms with Crippen LogP contribution in [0.1, 0.15) is 25.0 Å². The van der Waals surface area contributed by atoms with Gasteiger partial charge >= 0.3 is 5.97 Å². The van der Waals surface area contributed by atoms with Crippen molar-refractivity contribution < 1.29 is 24.2 Å². The molecule has 2 aromatic rings. The standard InChI is InChI=1S/C21H23NO5/c1-14(2)27-21(19(24)26-4,15-10-6-5-7-11-15)20(25)16-12-8-9-13-17(16)22(3)18(20)23/h5-14,25H,1-4H3/t20-,21+/m1/s1. The number of para-hydroxylation sites is 1. The van der Waals surface area contributed by atoms with Crippen molar-refractivity contribution in [3.8, 4) is 0 Å². The van der Waals surface area contributed by atoms with Gasteiger partial charge in [0.05, 0.1) is 18.9 Å². The van der Waals surface area contributed by atoms with Gasteiger partial charge in [0, 0.05) is 12.6 Å². The molecule has 1 aliphatic rings. The molecular formula is C21H23NO5. The molecule has 0 saturated heterocycles. The third-order valence-electron chi connectivity index (χ3n) is 4.84. The maximum absolute atomic E-state index is 13.3. The lowest BCUT2D eigenvalue weighted by Crippen LogP contribution is -2.61. The Bertz CT molecular complexity index is 866. The summed E-state index contributed by atoms with van der Waals surface area (Å²) in [5, 5.41) is 11.9. The molecule has 2 atom stereocenters. The smallest absolute Gasteiger partial charge is 0.346 e. The highest BCUT2D eigenvalue weighted by atomic mass is 16.6. The average Bonchev–Trinajstić information content (AvgIpc) is 2.88. The molecule has 0 unspecified atom stereocenters. The number of methoxy groups -OCH3 is 1. The zero-order chi connectivity index (χ0) is 19.8. The summed E-state index contributed by atoms with van der Waals surface area (Å²) in [6, 6.07) is 15.3. The monoisotopic (exact) mass is 369 g/mol. The molecule has 0 radical (unpaired) electrons. The Labute approximate surface area is 158 Å². The normalized spacial score (nSPS) is 21.1. The van der Waals surface area contributed by atoms with E-state index in [-0.39, 0.29) is 0 Å². The van der Waals surface area contributed by atoms with Crippen LogP contribution in [0.3, 0.4) is 0 Å². The lowest BCUT2D eigenvalue weighted by molar-refractivity contribution is -0.226. The van der Waals surface area contributed by atoms with E-state index in [1.54, 1.807) is 75.5 Å². The number of anilines is 1. The largest absolute Gasteiger partial charge is 0.467 e. The second kappa shape index (κ2) is 6.79. The Hall–Kier alpha value is -2.70. The van der Waals surface area contributed by atoms with E-state index in [4.69, 9.17) is 9.47 Å². The van der Waals surface area contributed by atoms with Gasteiger partial charge in [-0.2, -0.15) is 0 Å². The molecule has 0 spiro atoms. The van der Waals surface area contributed by atoms with Crippen LogP contribution in [-0.2, 0) is 30.3 Å². The predicted octanol–water partition coefficient (Wildman–Crippen LogP) is 2.34. The molecule has 0 saturated carbocycles. The molecule has 1 amide bonds. The first-order valence-electron chi connectivity index (χ1n) is 8.72. The Morgan fingerprint density at radius 1 is 1.11 bits per heavy atom. The molecule has 0 aromatic heterocycles. The fourth-order valence-corrected chi connectivity index (χ4v) is 3.73. The van der Waals surface area contributed by atoms with Gasteiger partial charge in [0.25, 0.3) is 5.91 Å². The van der Waals surface area contributed by atoms with Crippen LogP contribution >= 0.6 is 0 Å². The van der Waals surface area contributed by atoms with Gasteiger partial charge in [-0.3, -0.25) is 4.79 Å². The van der Waals surface area contributed by atoms with Crippen LogP contribution in [-0.4, -0.2) is 37.2 Å². The molecule has 0 bridgehead atoms. The van der Waals surface area contributed by atoms with Crippen LogP contribution in [0.25, 0.3) is 0 Å². The summed E-state index contributed by atoms with van der Waals surface area (Å²) >= 11 is 0. The topological polar surface area (TPSA) is 76.1 Å². The summed E-state index contributed by atoms with van der Waals surface area (Å²) in [7, 11) is 2.77. The number of aliphatic hydroxyl groups is 1. The van der Waals surface area contributed by atoms with E-state index in [0.29, 0.717) is 16.8 Å². The number of carbonyl (C=O) groups is 2. The molecular weight excluding hydrogens is 346 g/mol. The Kier molecular flexibility index (Phi) is 4.80. The first-order valence-corrected chi connectivity index (χ1v) is 8.72. The minimum Gasteiger partial charge on any atom is -0.467 e. The van der Waals surface area contributed by atoms with E-state index in [2.05, 4.69) is 0 Å². The van der Waals surface area contributed by atoms with Crippen molar-refractivity contribution in [2.45, 2.75) is 31.2 Å². The number of carbonyl (C=O) groups excluding carboxylic acids is 2. The Balaban J connectivity index is 2.40. The van der Waals surface area contributed by atoms with Crippen molar-refractivity contribution in [1.82, 2.24) is 0 Å². The molecule has 27 heavy (non-hydrogen) atoms. The van der Waals surface area contributed by atoms with Crippen LogP contribution in [0.4, 0.5) is 5.69 Å². The number of rotatable bonds is 5. The molecule has 0 fully saturated rings. The molecule has 2 aromatic carbocycles. The van der Waals surface area contributed by atoms with Crippen LogP contribution in [0.5, 0.6) is 0 Å². The lowest BCUT2D eigenvalue weighted by atomic mass is 9.73. The molecule has 6 heteroatoms. The average molecular weight is 369 g/mol. The quantitative estimate of drug-likeness (QED) is 0.819. The zero-order valence-corrected chi connectivity index (χ0v) is 15.8. The van der Waals surface area contributed by atoms with Gasteiger partial charge in [-0.05, 0) is 25.5 Å². The summed E-state index contributed by atoms with van der Waals surface area (Å²) in [6.45, 7) is 3.47. The summed E-state index contributed by atoms with van der Waals surface area (Å²) in [5.74, 6) is -1.50. The number of ether oxygens (including phenoxy) is 2. The van der Waals surface area contributed by atoms with Crippen molar-refractivity contribution >= 4 is 17.6 Å². The molecule has 1 aliphatic heterocycles. The molecule has 0 aliphatic carbocycles. The summed E-state index contributed by atoms with van der Waals surface area (Å²) in [6.07, 6.45) is -0.473. The third kappa shape index (κ3) is 2.56. The lowest BCUT2D eigenvalue weighted by Gasteiger charge is -2.42. The molecule has 1 heterocycles. The number of benzene rings is 2. The van der Waals surface area contributed by atoms with Crippen molar-refractivity contribution in [2.75, 3.05) is 19.1 Å². The number of amides is 1. The van der Waals surface area contributed by atoms with Crippen molar-refractivity contribution in [3.05, 3.63) is 65.7 Å². The van der Waals surface area contributed by atoms with Crippen LogP contribution in [0, 0.1) is 0 Å². The van der Waals surface area contributed by atoms with E-state index in [0.717, 1.165) is 0 Å². The van der Waals surface area contributed by atoms with E-state index < -0.39 is 29.2 Å². The summed E-state index contributed by atoms with van der Waals surface area (Å²) in [4.78, 5) is 27.8. The third-order valence-corrected chi connectivity index (χ3v) is 4.84. The summed E-state index contributed by atoms with van der Waals surface area (Å²) < 4.78 is 11.1. The van der Waals surface area contributed by atoms with Gasteiger partial charge in [0.1, 0.15) is 0 Å². The van der Waals surface area contributed by atoms with Gasteiger partial charge in [-0.1, -0.05) is 48.5 Å². The number of fused-ring (bicyclic) bond motifs is 1. The number of hydrogen-bond acceptors (Lipinski definition) is 5. The van der Waals surface area contributed by atoms with E-state index >= 15 is 0 Å². The number of esters is 1. The molecule has 142 valence electrons. The number of likely N-dealkylation sites (N-methyl/N-ethyl adjacent to an activating group) is 1. The van der Waals surface area contributed by atoms with Gasteiger partial charge in [-0.15, -0.1) is 0 Å². The zero-order valence-electron chi connectivity index (χ0n) is 15.8. The predicted molar refractivity (Wildman–Crippen MR) is 100 cm³/mol. The van der Waals surface area contributed by atoms with Crippen LogP contribution in [0.15, 0.2) is 54.6 Å². The second-order valence-electron chi connectivity index (χ2n) is 6.80. The highest BCUT2D eigenvalue weighted by molar-refractivity contribution is 6.10. The van der Waals surface area contributed by atoms with Crippen molar-refractivity contribution in [1.29, 1.82) is 0 Å². The fraction of sp³-hybridized carbons (Fsp3) is 0.333. The highest BCUT2D eigenvalue weighted by Gasteiger charge is 2.69. The van der Waals surface area contributed by atoms with E-state index in [9.17, 15) is 14.7 Å². The van der Waals surface area contributed by atoms with Crippen molar-refractivity contribution in [2.24, 2.45) is 0 Å². The van der Waals surface area contributed by atoms with E-state index in [1.807, 2.05) is 0 Å². The van der Waals surface area contributed by atoms with E-state index in [1.165, 1.54) is 12.0 Å². The van der Waals surface area contributed by atoms with Gasteiger partial charge in [-0.25, -0.2) is 4.79 Å². The Morgan fingerprint density at radius 2 is 1.70 bits per heavy atom. The minimum atomic E-state index is -2.28. The molecule has 3 rings (SSSR count). The minimum absolute atomic E-state index is 0.299. The van der Waals surface area contributed by atoms with Crippen molar-refractivity contribution in [3.63, 3.8) is 0 Å². The fourth-order valence-electron chi connectivity index (χ4n) is 3.73. The highest BCUT2D eigenvalue weighted by Crippen LogP contribution is 2.52. The Morgan fingerprint density at radius 3 is 2.30 bits per heavy atom. The first-order chi connectivity index (χ1) is 12.8. The maximum Gasteiger partial charge on any atom is 0.346 e. The second-order valence-corrected chi connectivity index (χ2v) is 6.80. The number of hydrogen-bond donors (Lipinski definition) is 1. The van der Waals surface area contributed by atoms with Crippen LogP contribution in [0.2, 0.25) is 0 Å². The number of nitrogens with zero attached hydrogens (tertiary/aromatic N) is 1. The molecule has 1 N–H and O–H groups in total.